The van der Waals surface area contributed by atoms with Gasteiger partial charge in [0.1, 0.15) is 0 Å². The third-order valence-corrected chi connectivity index (χ3v) is 4.81. The summed E-state index contributed by atoms with van der Waals surface area (Å²) in [7, 11) is 0. The van der Waals surface area contributed by atoms with E-state index in [9.17, 15) is 0 Å². The fourth-order valence-electron chi connectivity index (χ4n) is 3.49. The third kappa shape index (κ3) is 2.50. The van der Waals surface area contributed by atoms with Crippen LogP contribution in [0.5, 0.6) is 0 Å². The summed E-state index contributed by atoms with van der Waals surface area (Å²) in [6.07, 6.45) is 0. The van der Waals surface area contributed by atoms with Crippen molar-refractivity contribution in [3.05, 3.63) is 83.9 Å². The van der Waals surface area contributed by atoms with Crippen LogP contribution in [0, 0.1) is 0 Å². The van der Waals surface area contributed by atoms with Crippen LogP contribution in [0.1, 0.15) is 31.9 Å². The highest BCUT2D eigenvalue weighted by Crippen LogP contribution is 2.30. The highest BCUT2D eigenvalue weighted by atomic mass is 15.0. The number of hydrogen-bond donors (Lipinski definition) is 0. The van der Waals surface area contributed by atoms with E-state index in [4.69, 9.17) is 0 Å². The lowest BCUT2D eigenvalue weighted by molar-refractivity contribution is 0.589. The summed E-state index contributed by atoms with van der Waals surface area (Å²) in [4.78, 5) is 0. The minimum Gasteiger partial charge on any atom is -0.336 e. The molecule has 4 aromatic rings. The second-order valence-corrected chi connectivity index (χ2v) is 7.57. The van der Waals surface area contributed by atoms with Crippen LogP contribution in [0.15, 0.2) is 72.8 Å². The molecule has 0 atom stereocenters. The number of rotatable bonds is 2. The van der Waals surface area contributed by atoms with Crippen molar-refractivity contribution in [1.29, 1.82) is 0 Å². The van der Waals surface area contributed by atoms with E-state index in [-0.39, 0.29) is 5.41 Å². The van der Waals surface area contributed by atoms with Gasteiger partial charge < -0.3 is 4.57 Å². The van der Waals surface area contributed by atoms with Crippen molar-refractivity contribution in [3.8, 4) is 0 Å². The predicted molar refractivity (Wildman–Crippen MR) is 104 cm³/mol. The number of nitrogens with zero attached hydrogens (tertiary/aromatic N) is 1. The Labute approximate surface area is 143 Å². The first kappa shape index (κ1) is 15.0. The molecule has 0 saturated carbocycles. The maximum absolute atomic E-state index is 2.44. The molecule has 0 aliphatic rings. The zero-order valence-corrected chi connectivity index (χ0v) is 14.6. The van der Waals surface area contributed by atoms with Gasteiger partial charge in [0, 0.05) is 28.4 Å². The van der Waals surface area contributed by atoms with Crippen LogP contribution in [0.3, 0.4) is 0 Å². The van der Waals surface area contributed by atoms with Gasteiger partial charge in [-0.05, 0) is 28.7 Å². The van der Waals surface area contributed by atoms with Crippen LogP contribution in [-0.2, 0) is 12.0 Å². The van der Waals surface area contributed by atoms with E-state index in [2.05, 4.69) is 98.1 Å². The first-order valence-corrected chi connectivity index (χ1v) is 8.59. The molecule has 0 radical (unpaired) electrons. The van der Waals surface area contributed by atoms with E-state index in [0.717, 1.165) is 6.54 Å². The molecule has 24 heavy (non-hydrogen) atoms. The molecule has 0 aliphatic carbocycles. The molecule has 0 unspecified atom stereocenters. The Morgan fingerprint density at radius 2 is 1.29 bits per heavy atom. The Balaban J connectivity index is 1.88. The molecule has 0 bridgehead atoms. The van der Waals surface area contributed by atoms with Crippen LogP contribution in [0.2, 0.25) is 0 Å². The van der Waals surface area contributed by atoms with Gasteiger partial charge in [0.05, 0.1) is 0 Å². The second kappa shape index (κ2) is 5.52. The minimum atomic E-state index is 0.177. The molecule has 0 N–H and O–H groups in total. The Hall–Kier alpha value is -2.54. The van der Waals surface area contributed by atoms with Crippen molar-refractivity contribution < 1.29 is 0 Å². The van der Waals surface area contributed by atoms with Crippen molar-refractivity contribution in [2.24, 2.45) is 0 Å². The number of para-hydroxylation sites is 2. The lowest BCUT2D eigenvalue weighted by Gasteiger charge is -2.20. The van der Waals surface area contributed by atoms with Crippen molar-refractivity contribution in [2.75, 3.05) is 0 Å². The fourth-order valence-corrected chi connectivity index (χ4v) is 3.49. The minimum absolute atomic E-state index is 0.177. The van der Waals surface area contributed by atoms with E-state index in [0.29, 0.717) is 0 Å². The average Bonchev–Trinajstić information content (AvgIpc) is 2.89. The summed E-state index contributed by atoms with van der Waals surface area (Å²) in [6, 6.07) is 26.4. The molecule has 0 aliphatic heterocycles. The molecule has 3 aromatic carbocycles. The summed E-state index contributed by atoms with van der Waals surface area (Å²) in [5.41, 5.74) is 5.53. The van der Waals surface area contributed by atoms with Crippen molar-refractivity contribution in [2.45, 2.75) is 32.7 Å². The maximum Gasteiger partial charge on any atom is 0.0494 e. The molecule has 0 saturated heterocycles. The topological polar surface area (TPSA) is 4.93 Å². The van der Waals surface area contributed by atoms with E-state index >= 15 is 0 Å². The van der Waals surface area contributed by atoms with Crippen LogP contribution in [-0.4, -0.2) is 4.57 Å². The van der Waals surface area contributed by atoms with Gasteiger partial charge in [0.25, 0.3) is 0 Å². The zero-order chi connectivity index (χ0) is 16.7. The molecule has 0 amide bonds. The van der Waals surface area contributed by atoms with Crippen molar-refractivity contribution >= 4 is 21.8 Å². The van der Waals surface area contributed by atoms with Gasteiger partial charge in [-0.1, -0.05) is 81.4 Å². The fraction of sp³-hybridized carbons (Fsp3) is 0.217. The first-order chi connectivity index (χ1) is 11.5. The zero-order valence-electron chi connectivity index (χ0n) is 14.6. The van der Waals surface area contributed by atoms with E-state index in [1.165, 1.54) is 32.9 Å². The second-order valence-electron chi connectivity index (χ2n) is 7.57. The number of fused-ring (bicyclic) bond motifs is 3. The Morgan fingerprint density at radius 3 is 1.88 bits per heavy atom. The van der Waals surface area contributed by atoms with Gasteiger partial charge in [0.15, 0.2) is 0 Å². The van der Waals surface area contributed by atoms with Gasteiger partial charge in [-0.3, -0.25) is 0 Å². The van der Waals surface area contributed by atoms with Crippen molar-refractivity contribution in [3.63, 3.8) is 0 Å². The number of benzene rings is 3. The molecule has 4 rings (SSSR count). The molecular weight excluding hydrogens is 290 g/mol. The molecule has 1 aromatic heterocycles. The summed E-state index contributed by atoms with van der Waals surface area (Å²) in [5, 5.41) is 2.67. The smallest absolute Gasteiger partial charge is 0.0494 e. The highest BCUT2D eigenvalue weighted by Gasteiger charge is 2.15. The Bertz CT molecular complexity index is 962. The van der Waals surface area contributed by atoms with Gasteiger partial charge in [-0.25, -0.2) is 0 Å². The van der Waals surface area contributed by atoms with Gasteiger partial charge in [-0.2, -0.15) is 0 Å². The molecule has 0 spiro atoms. The first-order valence-electron chi connectivity index (χ1n) is 8.59. The van der Waals surface area contributed by atoms with Crippen molar-refractivity contribution in [1.82, 2.24) is 4.57 Å². The number of hydrogen-bond acceptors (Lipinski definition) is 0. The van der Waals surface area contributed by atoms with Gasteiger partial charge >= 0.3 is 0 Å². The Morgan fingerprint density at radius 1 is 0.708 bits per heavy atom. The molecule has 1 nitrogen and oxygen atoms in total. The monoisotopic (exact) mass is 313 g/mol. The molecular formula is C23H23N. The summed E-state index contributed by atoms with van der Waals surface area (Å²) < 4.78 is 2.44. The lowest BCUT2D eigenvalue weighted by Crippen LogP contribution is -2.11. The lowest BCUT2D eigenvalue weighted by atomic mass is 9.86. The van der Waals surface area contributed by atoms with Crippen LogP contribution >= 0.6 is 0 Å². The van der Waals surface area contributed by atoms with E-state index in [1.54, 1.807) is 0 Å². The van der Waals surface area contributed by atoms with Gasteiger partial charge in [0.2, 0.25) is 0 Å². The van der Waals surface area contributed by atoms with Gasteiger partial charge in [-0.15, -0.1) is 0 Å². The van der Waals surface area contributed by atoms with Crippen LogP contribution < -0.4 is 0 Å². The molecule has 1 heterocycles. The standard InChI is InChI=1S/C23H23N/c1-23(2,3)18-10-8-9-17(15-18)16-24-21-13-6-4-11-19(21)20-12-5-7-14-22(20)24/h4-15H,16H2,1-3H3. The highest BCUT2D eigenvalue weighted by molar-refractivity contribution is 6.08. The van der Waals surface area contributed by atoms with E-state index in [1.807, 2.05) is 0 Å². The summed E-state index contributed by atoms with van der Waals surface area (Å²) in [5.74, 6) is 0. The quantitative estimate of drug-likeness (QED) is 0.419. The predicted octanol–water partition coefficient (Wildman–Crippen LogP) is 6.14. The summed E-state index contributed by atoms with van der Waals surface area (Å²) in [6.45, 7) is 7.71. The molecule has 120 valence electrons. The van der Waals surface area contributed by atoms with E-state index < -0.39 is 0 Å². The van der Waals surface area contributed by atoms with Crippen LogP contribution in [0.4, 0.5) is 0 Å². The maximum atomic E-state index is 2.44. The molecule has 1 heteroatoms. The number of aromatic nitrogens is 1. The average molecular weight is 313 g/mol. The SMILES string of the molecule is CC(C)(C)c1cccc(Cn2c3ccccc3c3ccccc32)c1. The van der Waals surface area contributed by atoms with Crippen LogP contribution in [0.25, 0.3) is 21.8 Å². The Kier molecular flexibility index (Phi) is 3.45. The summed E-state index contributed by atoms with van der Waals surface area (Å²) >= 11 is 0. The third-order valence-electron chi connectivity index (χ3n) is 4.81. The normalized spacial score (nSPS) is 12.1. The molecule has 0 fully saturated rings. The largest absolute Gasteiger partial charge is 0.336 e.